The van der Waals surface area contributed by atoms with Gasteiger partial charge in [0.05, 0.1) is 12.5 Å². The number of pyridine rings is 1. The zero-order valence-electron chi connectivity index (χ0n) is 13.6. The Balaban J connectivity index is 1.79. The normalized spacial score (nSPS) is 17.5. The van der Waals surface area contributed by atoms with Crippen LogP contribution in [0.1, 0.15) is 46.9 Å². The summed E-state index contributed by atoms with van der Waals surface area (Å²) in [6.07, 6.45) is 2.47. The van der Waals surface area contributed by atoms with Crippen molar-refractivity contribution < 1.29 is 14.1 Å². The number of amides is 1. The van der Waals surface area contributed by atoms with Gasteiger partial charge in [0.2, 0.25) is 11.8 Å². The van der Waals surface area contributed by atoms with E-state index in [1.54, 1.807) is 18.0 Å². The molecule has 0 bridgehead atoms. The maximum Gasteiger partial charge on any atom is 0.259 e. The summed E-state index contributed by atoms with van der Waals surface area (Å²) < 4.78 is 10.7. The molecule has 1 saturated heterocycles. The first kappa shape index (κ1) is 15.5. The molecule has 1 aliphatic rings. The molecular weight excluding hydrogens is 296 g/mol. The molecule has 1 fully saturated rings. The summed E-state index contributed by atoms with van der Waals surface area (Å²) in [6, 6.07) is 1.82. The van der Waals surface area contributed by atoms with Crippen molar-refractivity contribution in [1.82, 2.24) is 20.0 Å². The number of ether oxygens (including phenoxy) is 1. The first-order valence-corrected chi connectivity index (χ1v) is 7.78. The van der Waals surface area contributed by atoms with Gasteiger partial charge in [-0.25, -0.2) is 4.98 Å². The molecule has 23 heavy (non-hydrogen) atoms. The van der Waals surface area contributed by atoms with Crippen LogP contribution in [0.2, 0.25) is 0 Å². The summed E-state index contributed by atoms with van der Waals surface area (Å²) in [5, 5.41) is 3.82. The number of hydrogen-bond acceptors (Lipinski definition) is 6. The molecule has 0 spiro atoms. The number of nitrogens with zero attached hydrogens (tertiary/aromatic N) is 4. The van der Waals surface area contributed by atoms with Gasteiger partial charge in [-0.2, -0.15) is 4.98 Å². The molecule has 1 amide bonds. The number of hydrogen-bond donors (Lipinski definition) is 0. The van der Waals surface area contributed by atoms with E-state index in [9.17, 15) is 4.79 Å². The number of carbonyl (C=O) groups excluding carboxylic acids is 1. The Morgan fingerprint density at radius 2 is 2.30 bits per heavy atom. The average Bonchev–Trinajstić information content (AvgIpc) is 3.16. The van der Waals surface area contributed by atoms with E-state index in [2.05, 4.69) is 15.1 Å². The Kier molecular flexibility index (Phi) is 4.27. The fourth-order valence-electron chi connectivity index (χ4n) is 2.82. The molecule has 1 atom stereocenters. The molecule has 7 heteroatoms. The molecule has 3 heterocycles. The predicted octanol–water partition coefficient (Wildman–Crippen LogP) is 2.11. The van der Waals surface area contributed by atoms with Gasteiger partial charge in [-0.15, -0.1) is 0 Å². The van der Waals surface area contributed by atoms with E-state index in [0.29, 0.717) is 42.9 Å². The Labute approximate surface area is 134 Å². The smallest absolute Gasteiger partial charge is 0.259 e. The monoisotopic (exact) mass is 316 g/mol. The second-order valence-electron chi connectivity index (χ2n) is 5.66. The summed E-state index contributed by atoms with van der Waals surface area (Å²) in [5.74, 6) is 1.65. The van der Waals surface area contributed by atoms with Gasteiger partial charge in [0.1, 0.15) is 5.56 Å². The van der Waals surface area contributed by atoms with Crippen molar-refractivity contribution in [2.75, 3.05) is 19.7 Å². The standard InChI is InChI=1S/C16H20N4O3/c1-4-22-15-13(10(2)5-7-17-15)16(21)20-8-6-12(9-20)14-18-11(3)19-23-14/h5,7,12H,4,6,8-9H2,1-3H3/t12-/m0/s1. The highest BCUT2D eigenvalue weighted by atomic mass is 16.5. The highest BCUT2D eigenvalue weighted by Crippen LogP contribution is 2.29. The predicted molar refractivity (Wildman–Crippen MR) is 82.4 cm³/mol. The third kappa shape index (κ3) is 3.04. The topological polar surface area (TPSA) is 81.4 Å². The summed E-state index contributed by atoms with van der Waals surface area (Å²) in [6.45, 7) is 7.26. The van der Waals surface area contributed by atoms with Gasteiger partial charge in [0.25, 0.3) is 5.91 Å². The molecule has 2 aromatic heterocycles. The summed E-state index contributed by atoms with van der Waals surface area (Å²) in [5.41, 5.74) is 1.40. The van der Waals surface area contributed by atoms with E-state index >= 15 is 0 Å². The minimum atomic E-state index is -0.0576. The van der Waals surface area contributed by atoms with Crippen molar-refractivity contribution in [2.24, 2.45) is 0 Å². The van der Waals surface area contributed by atoms with Crippen LogP contribution in [-0.4, -0.2) is 45.6 Å². The van der Waals surface area contributed by atoms with Crippen molar-refractivity contribution in [3.63, 3.8) is 0 Å². The van der Waals surface area contributed by atoms with Crippen LogP contribution in [0.4, 0.5) is 0 Å². The van der Waals surface area contributed by atoms with Crippen LogP contribution < -0.4 is 4.74 Å². The van der Waals surface area contributed by atoms with Crippen LogP contribution in [0.15, 0.2) is 16.8 Å². The van der Waals surface area contributed by atoms with E-state index in [-0.39, 0.29) is 11.8 Å². The Hall–Kier alpha value is -2.44. The molecule has 0 saturated carbocycles. The zero-order valence-corrected chi connectivity index (χ0v) is 13.6. The van der Waals surface area contributed by atoms with Crippen molar-refractivity contribution in [2.45, 2.75) is 33.1 Å². The van der Waals surface area contributed by atoms with Gasteiger partial charge in [-0.1, -0.05) is 5.16 Å². The van der Waals surface area contributed by atoms with Crippen LogP contribution >= 0.6 is 0 Å². The molecule has 2 aromatic rings. The first-order valence-electron chi connectivity index (χ1n) is 7.78. The minimum Gasteiger partial charge on any atom is -0.477 e. The molecule has 0 radical (unpaired) electrons. The quantitative estimate of drug-likeness (QED) is 0.859. The lowest BCUT2D eigenvalue weighted by Crippen LogP contribution is -2.29. The second kappa shape index (κ2) is 6.36. The van der Waals surface area contributed by atoms with Crippen molar-refractivity contribution in [1.29, 1.82) is 0 Å². The summed E-state index contributed by atoms with van der Waals surface area (Å²) in [4.78, 5) is 23.1. The lowest BCUT2D eigenvalue weighted by Gasteiger charge is -2.19. The molecule has 0 unspecified atom stereocenters. The summed E-state index contributed by atoms with van der Waals surface area (Å²) >= 11 is 0. The van der Waals surface area contributed by atoms with E-state index in [1.807, 2.05) is 19.9 Å². The number of likely N-dealkylation sites (tertiary alicyclic amines) is 1. The minimum absolute atomic E-state index is 0.0576. The van der Waals surface area contributed by atoms with Crippen LogP contribution in [-0.2, 0) is 0 Å². The van der Waals surface area contributed by atoms with E-state index in [0.717, 1.165) is 12.0 Å². The fourth-order valence-corrected chi connectivity index (χ4v) is 2.82. The number of aryl methyl sites for hydroxylation is 2. The van der Waals surface area contributed by atoms with Crippen molar-refractivity contribution in [3.05, 3.63) is 35.1 Å². The molecule has 7 nitrogen and oxygen atoms in total. The SMILES string of the molecule is CCOc1nccc(C)c1C(=O)N1CC[C@H](c2nc(C)no2)C1. The maximum absolute atomic E-state index is 12.9. The molecule has 3 rings (SSSR count). The Bertz CT molecular complexity index is 713. The molecule has 0 N–H and O–H groups in total. The molecule has 1 aliphatic heterocycles. The maximum atomic E-state index is 12.9. The largest absolute Gasteiger partial charge is 0.477 e. The van der Waals surface area contributed by atoms with Crippen LogP contribution in [0, 0.1) is 13.8 Å². The Morgan fingerprint density at radius 1 is 1.48 bits per heavy atom. The van der Waals surface area contributed by atoms with Gasteiger partial charge in [0.15, 0.2) is 5.82 Å². The molecular formula is C16H20N4O3. The third-order valence-electron chi connectivity index (χ3n) is 3.99. The lowest BCUT2D eigenvalue weighted by molar-refractivity contribution is 0.0783. The van der Waals surface area contributed by atoms with E-state index in [4.69, 9.17) is 9.26 Å². The number of carbonyl (C=O) groups is 1. The van der Waals surface area contributed by atoms with Gasteiger partial charge >= 0.3 is 0 Å². The fraction of sp³-hybridized carbons (Fsp3) is 0.500. The van der Waals surface area contributed by atoms with Crippen LogP contribution in [0.3, 0.4) is 0 Å². The number of aromatic nitrogens is 3. The highest BCUT2D eigenvalue weighted by molar-refractivity contribution is 5.98. The van der Waals surface area contributed by atoms with Crippen molar-refractivity contribution in [3.8, 4) is 5.88 Å². The second-order valence-corrected chi connectivity index (χ2v) is 5.66. The number of rotatable bonds is 4. The van der Waals surface area contributed by atoms with Gasteiger partial charge in [-0.3, -0.25) is 4.79 Å². The Morgan fingerprint density at radius 3 is 3.00 bits per heavy atom. The highest BCUT2D eigenvalue weighted by Gasteiger charge is 2.33. The first-order chi connectivity index (χ1) is 11.1. The zero-order chi connectivity index (χ0) is 16.4. The van der Waals surface area contributed by atoms with Gasteiger partial charge in [-0.05, 0) is 38.8 Å². The van der Waals surface area contributed by atoms with Crippen LogP contribution in [0.25, 0.3) is 0 Å². The third-order valence-corrected chi connectivity index (χ3v) is 3.99. The summed E-state index contributed by atoms with van der Waals surface area (Å²) in [7, 11) is 0. The molecule has 0 aromatic carbocycles. The van der Waals surface area contributed by atoms with Gasteiger partial charge < -0.3 is 14.2 Å². The van der Waals surface area contributed by atoms with Gasteiger partial charge in [0, 0.05) is 19.3 Å². The molecule has 122 valence electrons. The lowest BCUT2D eigenvalue weighted by atomic mass is 10.1. The van der Waals surface area contributed by atoms with E-state index in [1.165, 1.54) is 0 Å². The van der Waals surface area contributed by atoms with E-state index < -0.39 is 0 Å². The van der Waals surface area contributed by atoms with Crippen molar-refractivity contribution >= 4 is 5.91 Å². The molecule has 0 aliphatic carbocycles. The van der Waals surface area contributed by atoms with Crippen LogP contribution in [0.5, 0.6) is 5.88 Å². The average molecular weight is 316 g/mol.